The number of nitrogen functional groups attached to an aromatic ring is 1. The molecule has 64 valence electrons. The molecule has 0 saturated heterocycles. The van der Waals surface area contributed by atoms with Gasteiger partial charge >= 0.3 is 0 Å². The van der Waals surface area contributed by atoms with Gasteiger partial charge in [-0.3, -0.25) is 0 Å². The Balaban J connectivity index is 2.82. The van der Waals surface area contributed by atoms with E-state index in [0.29, 0.717) is 10.6 Å². The molecule has 0 aliphatic carbocycles. The average molecular weight is 227 g/mol. The van der Waals surface area contributed by atoms with Gasteiger partial charge in [-0.2, -0.15) is 0 Å². The molecule has 1 heterocycles. The van der Waals surface area contributed by atoms with Crippen LogP contribution in [0.1, 0.15) is 12.5 Å². The molecule has 0 radical (unpaired) electrons. The molecule has 12 heavy (non-hydrogen) atoms. The zero-order valence-electron chi connectivity index (χ0n) is 6.87. The van der Waals surface area contributed by atoms with Crippen molar-refractivity contribution in [2.24, 2.45) is 0 Å². The van der Waals surface area contributed by atoms with E-state index >= 15 is 0 Å². The zero-order valence-corrected chi connectivity index (χ0v) is 8.45. The van der Waals surface area contributed by atoms with E-state index in [1.54, 1.807) is 6.20 Å². The van der Waals surface area contributed by atoms with Crippen molar-refractivity contribution in [2.45, 2.75) is 11.8 Å². The van der Waals surface area contributed by atoms with Crippen LogP contribution >= 0.6 is 15.9 Å². The molecule has 0 bridgehead atoms. The summed E-state index contributed by atoms with van der Waals surface area (Å²) in [5.74, 6) is 0.571. The topological polar surface area (TPSA) is 38.9 Å². The molecular formula is C9H11BrN2. The molecular weight excluding hydrogens is 216 g/mol. The van der Waals surface area contributed by atoms with E-state index in [4.69, 9.17) is 5.73 Å². The number of anilines is 1. The second kappa shape index (κ2) is 4.26. The summed E-state index contributed by atoms with van der Waals surface area (Å²) in [6, 6.07) is 3.81. The lowest BCUT2D eigenvalue weighted by atomic mass is 10.2. The first-order valence-electron chi connectivity index (χ1n) is 3.73. The first kappa shape index (κ1) is 9.26. The number of allylic oxidation sites excluding steroid dienone is 1. The normalized spacial score (nSPS) is 13.5. The van der Waals surface area contributed by atoms with Crippen LogP contribution in [0.25, 0.3) is 6.08 Å². The number of alkyl halides is 1. The number of hydrogen-bond donors (Lipinski definition) is 1. The average Bonchev–Trinajstić information content (AvgIpc) is 2.03. The summed E-state index contributed by atoms with van der Waals surface area (Å²) in [7, 11) is 0. The standard InChI is InChI=1S/C9H11BrN2/c1-7(10)4-5-8-3-2-6-12-9(8)11/h2-7H,1H3,(H2,11,12)/b5-4-. The monoisotopic (exact) mass is 226 g/mol. The Morgan fingerprint density at radius 1 is 1.67 bits per heavy atom. The van der Waals surface area contributed by atoms with Crippen molar-refractivity contribution in [3.63, 3.8) is 0 Å². The molecule has 2 nitrogen and oxygen atoms in total. The van der Waals surface area contributed by atoms with Crippen LogP contribution in [0.3, 0.4) is 0 Å². The quantitative estimate of drug-likeness (QED) is 0.788. The lowest BCUT2D eigenvalue weighted by molar-refractivity contribution is 1.28. The first-order chi connectivity index (χ1) is 5.70. The minimum atomic E-state index is 0.358. The van der Waals surface area contributed by atoms with Crippen LogP contribution in [0.4, 0.5) is 5.82 Å². The van der Waals surface area contributed by atoms with Gasteiger partial charge in [0, 0.05) is 16.6 Å². The second-order valence-electron chi connectivity index (χ2n) is 2.51. The van der Waals surface area contributed by atoms with Crippen molar-refractivity contribution in [1.82, 2.24) is 4.98 Å². The van der Waals surface area contributed by atoms with Gasteiger partial charge in [-0.1, -0.05) is 28.1 Å². The Morgan fingerprint density at radius 3 is 3.00 bits per heavy atom. The molecule has 0 spiro atoms. The van der Waals surface area contributed by atoms with Gasteiger partial charge in [0.25, 0.3) is 0 Å². The molecule has 0 fully saturated rings. The number of nitrogens with zero attached hydrogens (tertiary/aromatic N) is 1. The van der Waals surface area contributed by atoms with E-state index in [9.17, 15) is 0 Å². The van der Waals surface area contributed by atoms with E-state index in [-0.39, 0.29) is 0 Å². The van der Waals surface area contributed by atoms with Gasteiger partial charge in [0.1, 0.15) is 5.82 Å². The molecule has 1 aromatic rings. The predicted molar refractivity (Wildman–Crippen MR) is 56.1 cm³/mol. The van der Waals surface area contributed by atoms with Crippen LogP contribution in [0.5, 0.6) is 0 Å². The van der Waals surface area contributed by atoms with Crippen molar-refractivity contribution < 1.29 is 0 Å². The van der Waals surface area contributed by atoms with Crippen molar-refractivity contribution in [2.75, 3.05) is 5.73 Å². The van der Waals surface area contributed by atoms with Crippen LogP contribution in [-0.2, 0) is 0 Å². The molecule has 0 aromatic carbocycles. The summed E-state index contributed by atoms with van der Waals surface area (Å²) in [4.78, 5) is 4.33. The van der Waals surface area contributed by atoms with Gasteiger partial charge in [-0.15, -0.1) is 0 Å². The van der Waals surface area contributed by atoms with Crippen LogP contribution in [0.15, 0.2) is 24.4 Å². The Labute approximate surface area is 80.6 Å². The van der Waals surface area contributed by atoms with E-state index in [0.717, 1.165) is 5.56 Å². The maximum Gasteiger partial charge on any atom is 0.130 e. The Hall–Kier alpha value is -0.830. The van der Waals surface area contributed by atoms with Gasteiger partial charge in [0.15, 0.2) is 0 Å². The van der Waals surface area contributed by atoms with Crippen LogP contribution in [0, 0.1) is 0 Å². The minimum absolute atomic E-state index is 0.358. The number of aromatic nitrogens is 1. The molecule has 1 atom stereocenters. The number of halogens is 1. The van der Waals surface area contributed by atoms with Crippen molar-refractivity contribution in [3.8, 4) is 0 Å². The fraction of sp³-hybridized carbons (Fsp3) is 0.222. The third-order valence-corrected chi connectivity index (χ3v) is 1.72. The second-order valence-corrected chi connectivity index (χ2v) is 3.96. The highest BCUT2D eigenvalue weighted by Crippen LogP contribution is 2.10. The van der Waals surface area contributed by atoms with Crippen molar-refractivity contribution in [3.05, 3.63) is 30.0 Å². The van der Waals surface area contributed by atoms with Gasteiger partial charge < -0.3 is 5.73 Å². The molecule has 3 heteroatoms. The molecule has 1 rings (SSSR count). The SMILES string of the molecule is CC(Br)/C=C\c1cccnc1N. The van der Waals surface area contributed by atoms with Gasteiger partial charge in [-0.25, -0.2) is 4.98 Å². The van der Waals surface area contributed by atoms with Gasteiger partial charge in [-0.05, 0) is 19.1 Å². The molecule has 0 aliphatic rings. The highest BCUT2D eigenvalue weighted by atomic mass is 79.9. The van der Waals surface area contributed by atoms with E-state index in [2.05, 4.69) is 20.9 Å². The Bertz CT molecular complexity index is 282. The van der Waals surface area contributed by atoms with Crippen LogP contribution in [0.2, 0.25) is 0 Å². The zero-order chi connectivity index (χ0) is 8.97. The highest BCUT2D eigenvalue weighted by molar-refractivity contribution is 9.09. The van der Waals surface area contributed by atoms with Gasteiger partial charge in [0.2, 0.25) is 0 Å². The largest absolute Gasteiger partial charge is 0.383 e. The van der Waals surface area contributed by atoms with Crippen molar-refractivity contribution in [1.29, 1.82) is 0 Å². The molecule has 1 aromatic heterocycles. The number of nitrogens with two attached hydrogens (primary N) is 1. The summed E-state index contributed by atoms with van der Waals surface area (Å²) >= 11 is 3.41. The summed E-state index contributed by atoms with van der Waals surface area (Å²) in [5, 5.41) is 0. The summed E-state index contributed by atoms with van der Waals surface area (Å²) in [6.07, 6.45) is 5.67. The van der Waals surface area contributed by atoms with Crippen LogP contribution in [-0.4, -0.2) is 9.81 Å². The number of pyridine rings is 1. The fourth-order valence-electron chi connectivity index (χ4n) is 0.807. The maximum absolute atomic E-state index is 5.63. The Morgan fingerprint density at radius 2 is 2.42 bits per heavy atom. The first-order valence-corrected chi connectivity index (χ1v) is 4.64. The molecule has 1 unspecified atom stereocenters. The molecule has 0 saturated carbocycles. The van der Waals surface area contributed by atoms with E-state index in [1.165, 1.54) is 0 Å². The smallest absolute Gasteiger partial charge is 0.130 e. The van der Waals surface area contributed by atoms with Gasteiger partial charge in [0.05, 0.1) is 0 Å². The summed E-state index contributed by atoms with van der Waals surface area (Å²) in [6.45, 7) is 2.04. The van der Waals surface area contributed by atoms with Crippen molar-refractivity contribution >= 4 is 27.8 Å². The summed E-state index contributed by atoms with van der Waals surface area (Å²) < 4.78 is 0. The number of rotatable bonds is 2. The number of hydrogen-bond acceptors (Lipinski definition) is 2. The minimum Gasteiger partial charge on any atom is -0.383 e. The van der Waals surface area contributed by atoms with Crippen LogP contribution < -0.4 is 5.73 Å². The molecule has 0 aliphatic heterocycles. The molecule has 2 N–H and O–H groups in total. The maximum atomic E-state index is 5.63. The predicted octanol–water partition coefficient (Wildman–Crippen LogP) is 2.46. The third kappa shape index (κ3) is 2.66. The van der Waals surface area contributed by atoms with E-state index in [1.807, 2.05) is 31.2 Å². The highest BCUT2D eigenvalue weighted by Gasteiger charge is 1.93. The van der Waals surface area contributed by atoms with E-state index < -0.39 is 0 Å². The Kier molecular flexibility index (Phi) is 3.29. The lowest BCUT2D eigenvalue weighted by Crippen LogP contribution is -1.92. The fourth-order valence-corrected chi connectivity index (χ4v) is 0.960. The molecule has 0 amide bonds. The third-order valence-electron chi connectivity index (χ3n) is 1.41. The summed E-state index contributed by atoms with van der Waals surface area (Å²) in [5.41, 5.74) is 6.59. The lowest BCUT2D eigenvalue weighted by Gasteiger charge is -1.97.